The lowest BCUT2D eigenvalue weighted by atomic mass is 10.3. The molecule has 0 unspecified atom stereocenters. The molecular formula is C17H15BrClN3S. The summed E-state index contributed by atoms with van der Waals surface area (Å²) in [5, 5.41) is 9.54. The first-order valence-corrected chi connectivity index (χ1v) is 9.08. The van der Waals surface area contributed by atoms with Crippen LogP contribution < -0.4 is 5.32 Å². The monoisotopic (exact) mass is 407 g/mol. The van der Waals surface area contributed by atoms with E-state index in [1.807, 2.05) is 48.1 Å². The maximum Gasteiger partial charge on any atom is 0.105 e. The van der Waals surface area contributed by atoms with Gasteiger partial charge in [-0.1, -0.05) is 57.5 Å². The minimum Gasteiger partial charge on any atom is -0.314 e. The Morgan fingerprint density at radius 1 is 1.17 bits per heavy atom. The molecule has 3 aromatic rings. The summed E-state index contributed by atoms with van der Waals surface area (Å²) in [6, 6.07) is 18.0. The molecule has 1 heterocycles. The number of rotatable bonds is 5. The summed E-state index contributed by atoms with van der Waals surface area (Å²) in [6.45, 7) is 0.712. The molecule has 23 heavy (non-hydrogen) atoms. The molecule has 0 bridgehead atoms. The minimum atomic E-state index is 0.683. The first-order chi connectivity index (χ1) is 11.2. The molecule has 3 nitrogen and oxygen atoms in total. The van der Waals surface area contributed by atoms with Gasteiger partial charge in [-0.3, -0.25) is 0 Å². The molecule has 0 aliphatic heterocycles. The van der Waals surface area contributed by atoms with Crippen LogP contribution in [0.15, 0.2) is 69.0 Å². The summed E-state index contributed by atoms with van der Waals surface area (Å²) in [7, 11) is 1.91. The Labute approximate surface area is 153 Å². The second-order valence-corrected chi connectivity index (χ2v) is 7.34. The zero-order valence-electron chi connectivity index (χ0n) is 12.5. The van der Waals surface area contributed by atoms with Crippen LogP contribution in [0, 0.1) is 0 Å². The van der Waals surface area contributed by atoms with Crippen molar-refractivity contribution in [1.82, 2.24) is 15.1 Å². The predicted molar refractivity (Wildman–Crippen MR) is 99.6 cm³/mol. The highest BCUT2D eigenvalue weighted by Crippen LogP contribution is 2.33. The lowest BCUT2D eigenvalue weighted by Crippen LogP contribution is -2.06. The Morgan fingerprint density at radius 2 is 2.00 bits per heavy atom. The van der Waals surface area contributed by atoms with E-state index in [9.17, 15) is 0 Å². The van der Waals surface area contributed by atoms with E-state index in [2.05, 4.69) is 44.5 Å². The van der Waals surface area contributed by atoms with Crippen LogP contribution >= 0.6 is 39.3 Å². The summed E-state index contributed by atoms with van der Waals surface area (Å²) < 4.78 is 2.96. The van der Waals surface area contributed by atoms with E-state index in [0.29, 0.717) is 11.6 Å². The third kappa shape index (κ3) is 3.98. The first-order valence-electron chi connectivity index (χ1n) is 7.09. The number of aromatic nitrogens is 2. The van der Waals surface area contributed by atoms with E-state index in [4.69, 9.17) is 11.6 Å². The quantitative estimate of drug-likeness (QED) is 0.632. The van der Waals surface area contributed by atoms with Crippen molar-refractivity contribution in [3.8, 4) is 5.69 Å². The van der Waals surface area contributed by atoms with Crippen LogP contribution in [0.2, 0.25) is 5.02 Å². The fraction of sp³-hybridized carbons (Fsp3) is 0.118. The Kier molecular flexibility index (Phi) is 5.43. The van der Waals surface area contributed by atoms with E-state index in [0.717, 1.165) is 25.8 Å². The average Bonchev–Trinajstić information content (AvgIpc) is 2.90. The largest absolute Gasteiger partial charge is 0.314 e. The van der Waals surface area contributed by atoms with Gasteiger partial charge in [-0.05, 0) is 43.4 Å². The molecular weight excluding hydrogens is 394 g/mol. The van der Waals surface area contributed by atoms with Crippen LogP contribution in [-0.2, 0) is 6.54 Å². The lowest BCUT2D eigenvalue weighted by Gasteiger charge is -2.09. The van der Waals surface area contributed by atoms with Gasteiger partial charge in [0.15, 0.2) is 0 Å². The van der Waals surface area contributed by atoms with Crippen LogP contribution in [0.1, 0.15) is 5.69 Å². The van der Waals surface area contributed by atoms with Gasteiger partial charge in [0.2, 0.25) is 0 Å². The zero-order chi connectivity index (χ0) is 16.2. The molecule has 0 amide bonds. The Hall–Kier alpha value is -1.27. The van der Waals surface area contributed by atoms with Crippen LogP contribution in [0.3, 0.4) is 0 Å². The molecule has 0 saturated heterocycles. The number of hydrogen-bond acceptors (Lipinski definition) is 3. The summed E-state index contributed by atoms with van der Waals surface area (Å²) >= 11 is 11.5. The van der Waals surface area contributed by atoms with Crippen LogP contribution in [0.5, 0.6) is 0 Å². The molecule has 1 aromatic heterocycles. The number of para-hydroxylation sites is 1. The molecule has 0 aliphatic rings. The average molecular weight is 409 g/mol. The fourth-order valence-electron chi connectivity index (χ4n) is 2.20. The van der Waals surface area contributed by atoms with Crippen molar-refractivity contribution in [1.29, 1.82) is 0 Å². The maximum absolute atomic E-state index is 6.35. The van der Waals surface area contributed by atoms with Gasteiger partial charge >= 0.3 is 0 Å². The molecule has 0 saturated carbocycles. The third-order valence-electron chi connectivity index (χ3n) is 3.18. The van der Waals surface area contributed by atoms with E-state index in [1.165, 1.54) is 0 Å². The van der Waals surface area contributed by atoms with E-state index < -0.39 is 0 Å². The highest BCUT2D eigenvalue weighted by Gasteiger charge is 2.13. The molecule has 2 aromatic carbocycles. The third-order valence-corrected chi connectivity index (χ3v) is 4.99. The van der Waals surface area contributed by atoms with Gasteiger partial charge in [-0.2, -0.15) is 5.10 Å². The Balaban J connectivity index is 2.03. The van der Waals surface area contributed by atoms with Gasteiger partial charge in [0.05, 0.1) is 16.4 Å². The molecule has 0 aliphatic carbocycles. The number of hydrogen-bond donors (Lipinski definition) is 1. The van der Waals surface area contributed by atoms with E-state index >= 15 is 0 Å². The van der Waals surface area contributed by atoms with Crippen molar-refractivity contribution >= 4 is 39.3 Å². The van der Waals surface area contributed by atoms with Gasteiger partial charge < -0.3 is 5.32 Å². The van der Waals surface area contributed by atoms with Gasteiger partial charge in [-0.15, -0.1) is 0 Å². The predicted octanol–water partition coefficient (Wildman–Crippen LogP) is 5.16. The van der Waals surface area contributed by atoms with E-state index in [-0.39, 0.29) is 0 Å². The van der Waals surface area contributed by atoms with Crippen molar-refractivity contribution in [2.45, 2.75) is 16.5 Å². The van der Waals surface area contributed by atoms with Gasteiger partial charge in [0, 0.05) is 15.9 Å². The number of nitrogens with one attached hydrogen (secondary N) is 1. The van der Waals surface area contributed by atoms with Crippen LogP contribution in [-0.4, -0.2) is 16.8 Å². The minimum absolute atomic E-state index is 0.683. The summed E-state index contributed by atoms with van der Waals surface area (Å²) in [4.78, 5) is 1.14. The van der Waals surface area contributed by atoms with Crippen molar-refractivity contribution in [3.63, 3.8) is 0 Å². The summed E-state index contributed by atoms with van der Waals surface area (Å²) in [5.74, 6) is 0. The topological polar surface area (TPSA) is 29.9 Å². The van der Waals surface area contributed by atoms with Crippen molar-refractivity contribution in [3.05, 3.63) is 69.8 Å². The smallest absolute Gasteiger partial charge is 0.105 e. The Morgan fingerprint density at radius 3 is 2.74 bits per heavy atom. The van der Waals surface area contributed by atoms with Crippen LogP contribution in [0.25, 0.3) is 5.69 Å². The highest BCUT2D eigenvalue weighted by molar-refractivity contribution is 9.10. The fourth-order valence-corrected chi connectivity index (χ4v) is 3.96. The van der Waals surface area contributed by atoms with Gasteiger partial charge in [0.25, 0.3) is 0 Å². The van der Waals surface area contributed by atoms with Crippen molar-refractivity contribution in [2.75, 3.05) is 7.05 Å². The normalized spacial score (nSPS) is 10.9. The van der Waals surface area contributed by atoms with Gasteiger partial charge in [-0.25, -0.2) is 4.68 Å². The zero-order valence-corrected chi connectivity index (χ0v) is 15.6. The standard InChI is InChI=1S/C17H15BrClN3S/c1-20-11-13-10-17(23-14-6-4-5-12(18)9-14)22(21-13)16-8-3-2-7-15(16)19/h2-10,20H,11H2,1H3. The SMILES string of the molecule is CNCc1cc(Sc2cccc(Br)c2)n(-c2ccccc2Cl)n1. The molecule has 1 N–H and O–H groups in total. The molecule has 0 atom stereocenters. The second kappa shape index (κ2) is 7.53. The summed E-state index contributed by atoms with van der Waals surface area (Å²) in [5.41, 5.74) is 1.86. The van der Waals surface area contributed by atoms with Gasteiger partial charge in [0.1, 0.15) is 5.03 Å². The molecule has 0 fully saturated rings. The molecule has 118 valence electrons. The highest BCUT2D eigenvalue weighted by atomic mass is 79.9. The number of halogens is 2. The summed E-state index contributed by atoms with van der Waals surface area (Å²) in [6.07, 6.45) is 0. The molecule has 3 rings (SSSR count). The number of nitrogens with zero attached hydrogens (tertiary/aromatic N) is 2. The van der Waals surface area contributed by atoms with E-state index in [1.54, 1.807) is 11.8 Å². The second-order valence-electron chi connectivity index (χ2n) is 4.93. The maximum atomic E-state index is 6.35. The van der Waals surface area contributed by atoms with Crippen molar-refractivity contribution in [2.24, 2.45) is 0 Å². The van der Waals surface area contributed by atoms with Crippen molar-refractivity contribution < 1.29 is 0 Å². The molecule has 0 radical (unpaired) electrons. The number of benzene rings is 2. The molecule has 0 spiro atoms. The Bertz CT molecular complexity index is 819. The molecule has 6 heteroatoms. The lowest BCUT2D eigenvalue weighted by molar-refractivity contribution is 0.739. The van der Waals surface area contributed by atoms with Crippen LogP contribution in [0.4, 0.5) is 0 Å². The first kappa shape index (κ1) is 16.6.